The van der Waals surface area contributed by atoms with Crippen molar-refractivity contribution in [2.24, 2.45) is 5.92 Å². The van der Waals surface area contributed by atoms with Gasteiger partial charge in [-0.05, 0) is 49.6 Å². The molecular formula is C26H35N4O6. The lowest BCUT2D eigenvalue weighted by molar-refractivity contribution is -0.168. The van der Waals surface area contributed by atoms with Crippen molar-refractivity contribution in [3.05, 3.63) is 54.3 Å². The van der Waals surface area contributed by atoms with Crippen LogP contribution in [0.5, 0.6) is 0 Å². The molecule has 4 amide bonds. The molecule has 4 N–H and O–H groups in total. The lowest BCUT2D eigenvalue weighted by Crippen LogP contribution is -2.47. The quantitative estimate of drug-likeness (QED) is 0.103. The van der Waals surface area contributed by atoms with Crippen molar-refractivity contribution in [2.75, 3.05) is 6.67 Å². The fourth-order valence-corrected chi connectivity index (χ4v) is 4.06. The number of amides is 4. The molecule has 0 saturated heterocycles. The first-order chi connectivity index (χ1) is 17.3. The van der Waals surface area contributed by atoms with Gasteiger partial charge in [0.15, 0.2) is 5.76 Å². The third-order valence-electron chi connectivity index (χ3n) is 6.04. The third-order valence-corrected chi connectivity index (χ3v) is 6.04. The largest absolute Gasteiger partial charge is 0.451 e. The Hall–Kier alpha value is -3.66. The molecule has 0 bridgehead atoms. The van der Waals surface area contributed by atoms with Gasteiger partial charge in [0.2, 0.25) is 12.3 Å². The minimum absolute atomic E-state index is 0.0601. The van der Waals surface area contributed by atoms with E-state index in [4.69, 9.17) is 4.42 Å². The summed E-state index contributed by atoms with van der Waals surface area (Å²) in [5.41, 5.74) is 1.92. The van der Waals surface area contributed by atoms with Gasteiger partial charge >= 0.3 is 0 Å². The predicted octanol–water partition coefficient (Wildman–Crippen LogP) is 3.40. The fraction of sp³-hybridized carbons (Fsp3) is 0.423. The molecule has 36 heavy (non-hydrogen) atoms. The minimum Gasteiger partial charge on any atom is -0.451 e. The average molecular weight is 500 g/mol. The molecule has 2 rings (SSSR count). The first-order valence-electron chi connectivity index (χ1n) is 12.0. The molecule has 1 aromatic heterocycles. The number of unbranched alkanes of at least 4 members (excludes halogenated alkanes) is 2. The van der Waals surface area contributed by atoms with E-state index in [0.29, 0.717) is 41.2 Å². The number of hydrogen-bond acceptors (Lipinski definition) is 6. The van der Waals surface area contributed by atoms with Gasteiger partial charge in [0.1, 0.15) is 5.76 Å². The number of nitrogens with zero attached hydrogens (tertiary/aromatic N) is 1. The summed E-state index contributed by atoms with van der Waals surface area (Å²) < 4.78 is 5.67. The molecule has 10 heteroatoms. The monoisotopic (exact) mass is 499 g/mol. The van der Waals surface area contributed by atoms with E-state index >= 15 is 0 Å². The Labute approximate surface area is 211 Å². The molecule has 1 heterocycles. The van der Waals surface area contributed by atoms with Crippen LogP contribution < -0.4 is 16.0 Å². The van der Waals surface area contributed by atoms with Crippen LogP contribution in [-0.4, -0.2) is 47.1 Å². The molecule has 2 aromatic rings. The molecule has 0 spiro atoms. The summed E-state index contributed by atoms with van der Waals surface area (Å²) in [6, 6.07) is 7.66. The molecule has 195 valence electrons. The normalized spacial score (nSPS) is 12.4. The molecule has 1 aromatic carbocycles. The summed E-state index contributed by atoms with van der Waals surface area (Å²) in [6.45, 7) is 5.48. The topological polar surface area (TPSA) is 141 Å². The van der Waals surface area contributed by atoms with Crippen molar-refractivity contribution in [3.8, 4) is 11.3 Å². The highest BCUT2D eigenvalue weighted by Crippen LogP contribution is 2.25. The second-order valence-corrected chi connectivity index (χ2v) is 8.49. The van der Waals surface area contributed by atoms with Gasteiger partial charge in [-0.25, -0.2) is 5.06 Å². The lowest BCUT2D eigenvalue weighted by atomic mass is 9.90. The maximum atomic E-state index is 12.8. The van der Waals surface area contributed by atoms with Crippen molar-refractivity contribution in [1.82, 2.24) is 21.0 Å². The molecule has 0 unspecified atom stereocenters. The summed E-state index contributed by atoms with van der Waals surface area (Å²) in [6.07, 6.45) is 3.89. The SMILES string of the molecule is [CH2]NC(=O)c1ccc(-c2ccc(C(=O)NCNC(=O)[C@H](CCCCC)[C@@H](CC)N(O)C=O)o2)cc1C. The number of carbonyl (C=O) groups is 4. The highest BCUT2D eigenvalue weighted by atomic mass is 16.5. The Bertz CT molecular complexity index is 1050. The van der Waals surface area contributed by atoms with Crippen molar-refractivity contribution in [3.63, 3.8) is 0 Å². The van der Waals surface area contributed by atoms with E-state index < -0.39 is 17.9 Å². The Morgan fingerprint density at radius 2 is 1.86 bits per heavy atom. The number of aryl methyl sites for hydroxylation is 1. The highest BCUT2D eigenvalue weighted by molar-refractivity contribution is 5.96. The van der Waals surface area contributed by atoms with Crippen LogP contribution in [-0.2, 0) is 9.59 Å². The van der Waals surface area contributed by atoms with Gasteiger partial charge in [0.05, 0.1) is 18.6 Å². The van der Waals surface area contributed by atoms with E-state index in [1.165, 1.54) is 6.07 Å². The maximum absolute atomic E-state index is 12.8. The van der Waals surface area contributed by atoms with Crippen LogP contribution in [0.25, 0.3) is 11.3 Å². The molecule has 0 aliphatic rings. The Morgan fingerprint density at radius 1 is 1.11 bits per heavy atom. The van der Waals surface area contributed by atoms with Crippen LogP contribution in [0.1, 0.15) is 72.4 Å². The maximum Gasteiger partial charge on any atom is 0.288 e. The van der Waals surface area contributed by atoms with Crippen LogP contribution >= 0.6 is 0 Å². The molecular weight excluding hydrogens is 464 g/mol. The van der Waals surface area contributed by atoms with E-state index in [2.05, 4.69) is 23.0 Å². The van der Waals surface area contributed by atoms with Gasteiger partial charge in [-0.15, -0.1) is 0 Å². The van der Waals surface area contributed by atoms with Crippen molar-refractivity contribution >= 4 is 24.1 Å². The van der Waals surface area contributed by atoms with Gasteiger partial charge < -0.3 is 20.4 Å². The lowest BCUT2D eigenvalue weighted by Gasteiger charge is -2.29. The number of benzene rings is 1. The molecule has 1 radical (unpaired) electrons. The van der Waals surface area contributed by atoms with Gasteiger partial charge in [-0.1, -0.05) is 39.2 Å². The zero-order valence-electron chi connectivity index (χ0n) is 21.0. The van der Waals surface area contributed by atoms with E-state index in [-0.39, 0.29) is 24.2 Å². The number of furan rings is 1. The van der Waals surface area contributed by atoms with Gasteiger partial charge in [0.25, 0.3) is 11.8 Å². The van der Waals surface area contributed by atoms with Crippen LogP contribution in [0.15, 0.2) is 34.7 Å². The summed E-state index contributed by atoms with van der Waals surface area (Å²) >= 11 is 0. The molecule has 0 fully saturated rings. The zero-order valence-corrected chi connectivity index (χ0v) is 21.0. The van der Waals surface area contributed by atoms with E-state index in [0.717, 1.165) is 24.8 Å². The second-order valence-electron chi connectivity index (χ2n) is 8.49. The number of rotatable bonds is 14. The van der Waals surface area contributed by atoms with Crippen LogP contribution in [0.4, 0.5) is 0 Å². The van der Waals surface area contributed by atoms with Crippen molar-refractivity contribution < 1.29 is 28.8 Å². The van der Waals surface area contributed by atoms with E-state index in [1.54, 1.807) is 38.1 Å². The molecule has 0 aliphatic carbocycles. The van der Waals surface area contributed by atoms with Crippen LogP contribution in [0, 0.1) is 19.9 Å². The molecule has 0 aliphatic heterocycles. The minimum atomic E-state index is -0.655. The summed E-state index contributed by atoms with van der Waals surface area (Å²) in [4.78, 5) is 48.2. The molecule has 2 atom stereocenters. The van der Waals surface area contributed by atoms with Crippen molar-refractivity contribution in [1.29, 1.82) is 0 Å². The molecule has 10 nitrogen and oxygen atoms in total. The third kappa shape index (κ3) is 7.42. The zero-order chi connectivity index (χ0) is 26.7. The number of nitrogens with one attached hydrogen (secondary N) is 3. The van der Waals surface area contributed by atoms with E-state index in [1.807, 2.05) is 6.92 Å². The first kappa shape index (κ1) is 28.6. The van der Waals surface area contributed by atoms with Gasteiger partial charge in [-0.2, -0.15) is 0 Å². The van der Waals surface area contributed by atoms with Crippen LogP contribution in [0.2, 0.25) is 0 Å². The second kappa shape index (κ2) is 14.0. The standard InChI is InChI=1S/C26H35N4O6/c1-5-7-8-9-20(21(6-2)30(35)16-31)25(33)28-15-29-26(34)23-13-12-22(36-23)18-10-11-19(17(3)14-18)24(32)27-4/h10-14,16,20-21,35H,4-9,15H2,1-3H3,(H,27,32)(H,28,33)(H,29,34)/t20-,21-/m1/s1. The number of hydrogen-bond donors (Lipinski definition) is 4. The fourth-order valence-electron chi connectivity index (χ4n) is 4.06. The Kier molecular flexibility index (Phi) is 11.1. The Balaban J connectivity index is 2.00. The summed E-state index contributed by atoms with van der Waals surface area (Å²) in [5.74, 6) is -1.27. The van der Waals surface area contributed by atoms with Crippen molar-refractivity contribution in [2.45, 2.75) is 58.9 Å². The number of carbonyl (C=O) groups excluding carboxylic acids is 4. The van der Waals surface area contributed by atoms with Crippen LogP contribution in [0.3, 0.4) is 0 Å². The molecule has 0 saturated carbocycles. The van der Waals surface area contributed by atoms with E-state index in [9.17, 15) is 24.4 Å². The summed E-state index contributed by atoms with van der Waals surface area (Å²) in [7, 11) is 3.38. The highest BCUT2D eigenvalue weighted by Gasteiger charge is 2.30. The average Bonchev–Trinajstić information content (AvgIpc) is 3.38. The Morgan fingerprint density at radius 3 is 2.47 bits per heavy atom. The smallest absolute Gasteiger partial charge is 0.288 e. The predicted molar refractivity (Wildman–Crippen MR) is 134 cm³/mol. The van der Waals surface area contributed by atoms with Gasteiger partial charge in [0, 0.05) is 18.2 Å². The summed E-state index contributed by atoms with van der Waals surface area (Å²) in [5, 5.41) is 18.0. The number of hydroxylamine groups is 2. The first-order valence-corrected chi connectivity index (χ1v) is 12.0. The van der Waals surface area contributed by atoms with Gasteiger partial charge in [-0.3, -0.25) is 24.4 Å².